The molecule has 2 rings (SSSR count). The van der Waals surface area contributed by atoms with Crippen LogP contribution in [0.5, 0.6) is 0 Å². The maximum atomic E-state index is 4.15. The van der Waals surface area contributed by atoms with Gasteiger partial charge in [-0.15, -0.1) is 10.2 Å². The minimum absolute atomic E-state index is 0.781. The van der Waals surface area contributed by atoms with E-state index in [0.717, 1.165) is 30.7 Å². The van der Waals surface area contributed by atoms with Crippen LogP contribution in [0.2, 0.25) is 0 Å². The summed E-state index contributed by atoms with van der Waals surface area (Å²) in [6.07, 6.45) is 2.67. The summed E-state index contributed by atoms with van der Waals surface area (Å²) in [5.74, 6) is 2.77. The standard InChI is InChI=1S/C12H23N5/c1-10-14-15-12(17(10)3)8-13-7-11-5-4-6-16(2)9-11/h11,13H,4-9H2,1-3H3. The van der Waals surface area contributed by atoms with E-state index in [1.54, 1.807) is 0 Å². The van der Waals surface area contributed by atoms with Crippen LogP contribution in [0.15, 0.2) is 0 Å². The van der Waals surface area contributed by atoms with Gasteiger partial charge in [-0.3, -0.25) is 0 Å². The van der Waals surface area contributed by atoms with Crippen LogP contribution in [-0.4, -0.2) is 46.3 Å². The van der Waals surface area contributed by atoms with Gasteiger partial charge >= 0.3 is 0 Å². The third-order valence-corrected chi connectivity index (χ3v) is 3.62. The molecule has 0 spiro atoms. The van der Waals surface area contributed by atoms with E-state index < -0.39 is 0 Å². The van der Waals surface area contributed by atoms with Crippen molar-refractivity contribution in [2.75, 3.05) is 26.7 Å². The van der Waals surface area contributed by atoms with Crippen LogP contribution in [-0.2, 0) is 13.6 Å². The molecule has 1 N–H and O–H groups in total. The predicted octanol–water partition coefficient (Wildman–Crippen LogP) is 0.555. The van der Waals surface area contributed by atoms with Crippen LogP contribution >= 0.6 is 0 Å². The maximum Gasteiger partial charge on any atom is 0.146 e. The second-order valence-electron chi connectivity index (χ2n) is 5.12. The zero-order valence-electron chi connectivity index (χ0n) is 11.1. The molecule has 1 atom stereocenters. The van der Waals surface area contributed by atoms with Crippen LogP contribution in [0.4, 0.5) is 0 Å². The first kappa shape index (κ1) is 12.5. The van der Waals surface area contributed by atoms with Crippen molar-refractivity contribution >= 4 is 0 Å². The highest BCUT2D eigenvalue weighted by molar-refractivity contribution is 4.92. The molecular weight excluding hydrogens is 214 g/mol. The van der Waals surface area contributed by atoms with E-state index in [-0.39, 0.29) is 0 Å². The number of aromatic nitrogens is 3. The first-order chi connectivity index (χ1) is 8.16. The topological polar surface area (TPSA) is 46.0 Å². The second-order valence-corrected chi connectivity index (χ2v) is 5.12. The molecule has 1 aromatic heterocycles. The Hall–Kier alpha value is -0.940. The van der Waals surface area contributed by atoms with Gasteiger partial charge in [-0.25, -0.2) is 0 Å². The molecule has 1 saturated heterocycles. The van der Waals surface area contributed by atoms with Gasteiger partial charge in [0.1, 0.15) is 11.6 Å². The summed E-state index contributed by atoms with van der Waals surface area (Å²) in [7, 11) is 4.22. The van der Waals surface area contributed by atoms with Crippen molar-refractivity contribution in [1.82, 2.24) is 25.0 Å². The van der Waals surface area contributed by atoms with Gasteiger partial charge in [0, 0.05) is 13.6 Å². The number of rotatable bonds is 4. The maximum absolute atomic E-state index is 4.15. The van der Waals surface area contributed by atoms with Gasteiger partial charge in [0.25, 0.3) is 0 Å². The fourth-order valence-electron chi connectivity index (χ4n) is 2.43. The molecule has 1 aliphatic heterocycles. The molecule has 0 aliphatic carbocycles. The van der Waals surface area contributed by atoms with E-state index in [1.807, 2.05) is 18.5 Å². The molecule has 0 aromatic carbocycles. The van der Waals surface area contributed by atoms with Crippen LogP contribution in [0.1, 0.15) is 24.5 Å². The number of likely N-dealkylation sites (tertiary alicyclic amines) is 1. The normalized spacial score (nSPS) is 21.9. The number of aryl methyl sites for hydroxylation is 1. The lowest BCUT2D eigenvalue weighted by molar-refractivity contribution is 0.206. The van der Waals surface area contributed by atoms with Gasteiger partial charge in [0.05, 0.1) is 6.54 Å². The zero-order chi connectivity index (χ0) is 12.3. The van der Waals surface area contributed by atoms with Crippen molar-refractivity contribution in [3.8, 4) is 0 Å². The molecule has 5 nitrogen and oxygen atoms in total. The van der Waals surface area contributed by atoms with Gasteiger partial charge in [-0.05, 0) is 45.8 Å². The van der Waals surface area contributed by atoms with Crippen LogP contribution < -0.4 is 5.32 Å². The van der Waals surface area contributed by atoms with Crippen LogP contribution in [0.3, 0.4) is 0 Å². The van der Waals surface area contributed by atoms with Crippen molar-refractivity contribution in [3.05, 3.63) is 11.6 Å². The molecule has 0 radical (unpaired) electrons. The van der Waals surface area contributed by atoms with Crippen molar-refractivity contribution < 1.29 is 0 Å². The SMILES string of the molecule is Cc1nnc(CNCC2CCCN(C)C2)n1C. The molecule has 96 valence electrons. The van der Waals surface area contributed by atoms with E-state index in [0.29, 0.717) is 0 Å². The fourth-order valence-corrected chi connectivity index (χ4v) is 2.43. The Balaban J connectivity index is 1.74. The van der Waals surface area contributed by atoms with Crippen molar-refractivity contribution in [3.63, 3.8) is 0 Å². The minimum Gasteiger partial charge on any atom is -0.317 e. The van der Waals surface area contributed by atoms with Crippen molar-refractivity contribution in [2.24, 2.45) is 13.0 Å². The monoisotopic (exact) mass is 237 g/mol. The fraction of sp³-hybridized carbons (Fsp3) is 0.833. The summed E-state index contributed by atoms with van der Waals surface area (Å²) < 4.78 is 2.04. The van der Waals surface area contributed by atoms with E-state index in [9.17, 15) is 0 Å². The number of nitrogens with zero attached hydrogens (tertiary/aromatic N) is 4. The molecule has 2 heterocycles. The van der Waals surface area contributed by atoms with Gasteiger partial charge in [0.2, 0.25) is 0 Å². The molecule has 0 bridgehead atoms. The Kier molecular flexibility index (Phi) is 4.12. The van der Waals surface area contributed by atoms with E-state index in [1.165, 1.54) is 25.9 Å². The molecule has 0 saturated carbocycles. The molecule has 1 aromatic rings. The molecule has 17 heavy (non-hydrogen) atoms. The molecule has 1 unspecified atom stereocenters. The Morgan fingerprint density at radius 2 is 2.18 bits per heavy atom. The lowest BCUT2D eigenvalue weighted by Gasteiger charge is -2.29. The Labute approximate surface area is 103 Å². The molecule has 0 amide bonds. The minimum atomic E-state index is 0.781. The lowest BCUT2D eigenvalue weighted by Crippen LogP contribution is -2.37. The number of piperidine rings is 1. The van der Waals surface area contributed by atoms with E-state index >= 15 is 0 Å². The Morgan fingerprint density at radius 3 is 2.82 bits per heavy atom. The summed E-state index contributed by atoms with van der Waals surface area (Å²) in [4.78, 5) is 2.42. The number of hydrogen-bond donors (Lipinski definition) is 1. The molecule has 5 heteroatoms. The number of hydrogen-bond acceptors (Lipinski definition) is 4. The summed E-state index contributed by atoms with van der Waals surface area (Å²) in [6.45, 7) is 6.34. The van der Waals surface area contributed by atoms with E-state index in [4.69, 9.17) is 0 Å². The third kappa shape index (κ3) is 3.26. The number of nitrogens with one attached hydrogen (secondary N) is 1. The lowest BCUT2D eigenvalue weighted by atomic mass is 9.98. The predicted molar refractivity (Wildman–Crippen MR) is 67.7 cm³/mol. The summed E-state index contributed by atoms with van der Waals surface area (Å²) in [5, 5.41) is 11.7. The Morgan fingerprint density at radius 1 is 1.35 bits per heavy atom. The smallest absolute Gasteiger partial charge is 0.146 e. The average Bonchev–Trinajstić information content (AvgIpc) is 2.61. The van der Waals surface area contributed by atoms with Crippen LogP contribution in [0.25, 0.3) is 0 Å². The average molecular weight is 237 g/mol. The summed E-state index contributed by atoms with van der Waals surface area (Å²) in [5.41, 5.74) is 0. The first-order valence-electron chi connectivity index (χ1n) is 6.41. The highest BCUT2D eigenvalue weighted by Gasteiger charge is 2.16. The zero-order valence-corrected chi connectivity index (χ0v) is 11.1. The summed E-state index contributed by atoms with van der Waals surface area (Å²) in [6, 6.07) is 0. The van der Waals surface area contributed by atoms with Crippen molar-refractivity contribution in [1.29, 1.82) is 0 Å². The second kappa shape index (κ2) is 5.60. The molecule has 1 fully saturated rings. The van der Waals surface area contributed by atoms with Crippen molar-refractivity contribution in [2.45, 2.75) is 26.3 Å². The highest BCUT2D eigenvalue weighted by atomic mass is 15.3. The quantitative estimate of drug-likeness (QED) is 0.831. The van der Waals surface area contributed by atoms with Gasteiger partial charge < -0.3 is 14.8 Å². The molecular formula is C12H23N5. The van der Waals surface area contributed by atoms with E-state index in [2.05, 4.69) is 27.5 Å². The van der Waals surface area contributed by atoms with Crippen LogP contribution in [0, 0.1) is 12.8 Å². The van der Waals surface area contributed by atoms with Gasteiger partial charge in [-0.2, -0.15) is 0 Å². The summed E-state index contributed by atoms with van der Waals surface area (Å²) >= 11 is 0. The van der Waals surface area contributed by atoms with Gasteiger partial charge in [0.15, 0.2) is 0 Å². The Bertz CT molecular complexity index is 360. The molecule has 1 aliphatic rings. The largest absolute Gasteiger partial charge is 0.317 e. The third-order valence-electron chi connectivity index (χ3n) is 3.62. The highest BCUT2D eigenvalue weighted by Crippen LogP contribution is 2.13. The first-order valence-corrected chi connectivity index (χ1v) is 6.41. The van der Waals surface area contributed by atoms with Gasteiger partial charge in [-0.1, -0.05) is 0 Å².